The normalized spacial score (nSPS) is 15.3. The Morgan fingerprint density at radius 3 is 2.65 bits per heavy atom. The van der Waals surface area contributed by atoms with Crippen LogP contribution in [0.15, 0.2) is 18.2 Å². The molecule has 0 atom stereocenters. The van der Waals surface area contributed by atoms with Crippen molar-refractivity contribution in [1.82, 2.24) is 0 Å². The summed E-state index contributed by atoms with van der Waals surface area (Å²) in [6.45, 7) is 2.97. The van der Waals surface area contributed by atoms with Gasteiger partial charge in [0.05, 0.1) is 23.5 Å². The Balaban J connectivity index is 2.08. The predicted molar refractivity (Wildman–Crippen MR) is 79.4 cm³/mol. The molecule has 1 fully saturated rings. The zero-order chi connectivity index (χ0) is 14.1. The lowest BCUT2D eigenvalue weighted by Crippen LogP contribution is -2.36. The topological polar surface area (TPSA) is 76.7 Å². The minimum Gasteiger partial charge on any atom is -0.423 e. The van der Waals surface area contributed by atoms with Gasteiger partial charge in [-0.2, -0.15) is 5.26 Å². The smallest absolute Gasteiger partial charge is 0.423 e. The highest BCUT2D eigenvalue weighted by Crippen LogP contribution is 2.29. The lowest BCUT2D eigenvalue weighted by Gasteiger charge is -2.29. The molecule has 1 aliphatic rings. The number of fused-ring (bicyclic) bond motifs is 1. The maximum Gasteiger partial charge on any atom is 0.499 e. The van der Waals surface area contributed by atoms with Crippen molar-refractivity contribution in [1.29, 1.82) is 5.26 Å². The Kier molecular flexibility index (Phi) is 3.63. The Morgan fingerprint density at radius 1 is 1.25 bits per heavy atom. The zero-order valence-electron chi connectivity index (χ0n) is 10.7. The van der Waals surface area contributed by atoms with E-state index >= 15 is 0 Å². The summed E-state index contributed by atoms with van der Waals surface area (Å²) in [4.78, 5) is 2.18. The number of thiophene rings is 1. The number of morpholine rings is 1. The molecule has 1 aromatic heterocycles. The van der Waals surface area contributed by atoms with Crippen LogP contribution in [0.1, 0.15) is 5.56 Å². The van der Waals surface area contributed by atoms with E-state index in [1.54, 1.807) is 6.07 Å². The van der Waals surface area contributed by atoms with Gasteiger partial charge >= 0.3 is 7.12 Å². The summed E-state index contributed by atoms with van der Waals surface area (Å²) in [6.07, 6.45) is 0. The number of rotatable bonds is 2. The van der Waals surface area contributed by atoms with Crippen LogP contribution >= 0.6 is 11.3 Å². The van der Waals surface area contributed by atoms with Crippen molar-refractivity contribution >= 4 is 39.0 Å². The first-order valence-corrected chi connectivity index (χ1v) is 7.17. The average molecular weight is 288 g/mol. The van der Waals surface area contributed by atoms with Gasteiger partial charge < -0.3 is 19.7 Å². The van der Waals surface area contributed by atoms with Crippen LogP contribution in [0.25, 0.3) is 10.1 Å². The minimum atomic E-state index is -1.49. The lowest BCUT2D eigenvalue weighted by molar-refractivity contribution is 0.122. The van der Waals surface area contributed by atoms with Gasteiger partial charge in [0.25, 0.3) is 0 Å². The standard InChI is InChI=1S/C13H13BN2O3S/c15-8-10-6-11(16-1-3-19-4-2-16)5-9-7-12(14(17)18)20-13(9)10/h5-7,17-18H,1-4H2. The third-order valence-electron chi connectivity index (χ3n) is 3.37. The van der Waals surface area contributed by atoms with E-state index in [9.17, 15) is 15.3 Å². The number of nitriles is 1. The molecular formula is C13H13BN2O3S. The van der Waals surface area contributed by atoms with Gasteiger partial charge in [-0.05, 0) is 23.6 Å². The predicted octanol–water partition coefficient (Wildman–Crippen LogP) is 0.289. The van der Waals surface area contributed by atoms with Crippen molar-refractivity contribution in [3.05, 3.63) is 23.8 Å². The molecule has 1 aromatic carbocycles. The van der Waals surface area contributed by atoms with Crippen molar-refractivity contribution in [2.75, 3.05) is 31.2 Å². The van der Waals surface area contributed by atoms with E-state index in [4.69, 9.17) is 4.74 Å². The zero-order valence-corrected chi connectivity index (χ0v) is 11.6. The van der Waals surface area contributed by atoms with Crippen LogP contribution in [0.5, 0.6) is 0 Å². The highest BCUT2D eigenvalue weighted by atomic mass is 32.1. The molecule has 0 saturated carbocycles. The fourth-order valence-corrected chi connectivity index (χ4v) is 3.35. The van der Waals surface area contributed by atoms with Crippen LogP contribution in [0.2, 0.25) is 0 Å². The first kappa shape index (κ1) is 13.4. The number of hydrogen-bond acceptors (Lipinski definition) is 6. The highest BCUT2D eigenvalue weighted by molar-refractivity contribution is 7.28. The fourth-order valence-electron chi connectivity index (χ4n) is 2.37. The molecule has 1 aliphatic heterocycles. The largest absolute Gasteiger partial charge is 0.499 e. The maximum atomic E-state index is 9.29. The Morgan fingerprint density at radius 2 is 2.00 bits per heavy atom. The Labute approximate surface area is 120 Å². The molecule has 5 nitrogen and oxygen atoms in total. The van der Waals surface area contributed by atoms with E-state index in [-0.39, 0.29) is 0 Å². The molecule has 0 radical (unpaired) electrons. The maximum absolute atomic E-state index is 9.29. The summed E-state index contributed by atoms with van der Waals surface area (Å²) in [6, 6.07) is 7.77. The van der Waals surface area contributed by atoms with Gasteiger partial charge in [0, 0.05) is 23.6 Å². The van der Waals surface area contributed by atoms with Gasteiger partial charge in [0.2, 0.25) is 0 Å². The van der Waals surface area contributed by atoms with Crippen molar-refractivity contribution in [2.24, 2.45) is 0 Å². The number of hydrogen-bond donors (Lipinski definition) is 2. The van der Waals surface area contributed by atoms with Crippen molar-refractivity contribution < 1.29 is 14.8 Å². The summed E-state index contributed by atoms with van der Waals surface area (Å²) in [5, 5.41) is 28.7. The molecular weight excluding hydrogens is 275 g/mol. The van der Waals surface area contributed by atoms with E-state index in [0.717, 1.165) is 28.9 Å². The molecule has 0 aliphatic carbocycles. The third kappa shape index (κ3) is 2.39. The molecule has 0 amide bonds. The first-order chi connectivity index (χ1) is 9.69. The summed E-state index contributed by atoms with van der Waals surface area (Å²) in [5.74, 6) is 0. The van der Waals surface area contributed by atoms with Crippen LogP contribution in [-0.4, -0.2) is 43.5 Å². The molecule has 2 aromatic rings. The number of nitrogens with zero attached hydrogens (tertiary/aromatic N) is 2. The van der Waals surface area contributed by atoms with E-state index < -0.39 is 7.12 Å². The summed E-state index contributed by atoms with van der Waals surface area (Å²) in [7, 11) is -1.49. The second-order valence-corrected chi connectivity index (χ2v) is 5.73. The van der Waals surface area contributed by atoms with E-state index in [2.05, 4.69) is 11.0 Å². The summed E-state index contributed by atoms with van der Waals surface area (Å²) < 4.78 is 6.58. The van der Waals surface area contributed by atoms with Crippen LogP contribution in [0.3, 0.4) is 0 Å². The third-order valence-corrected chi connectivity index (χ3v) is 4.60. The summed E-state index contributed by atoms with van der Waals surface area (Å²) >= 11 is 1.25. The van der Waals surface area contributed by atoms with Gasteiger partial charge in [-0.3, -0.25) is 0 Å². The highest BCUT2D eigenvalue weighted by Gasteiger charge is 2.19. The van der Waals surface area contributed by atoms with Crippen molar-refractivity contribution in [2.45, 2.75) is 0 Å². The average Bonchev–Trinajstić information content (AvgIpc) is 2.91. The molecule has 2 N–H and O–H groups in total. The molecule has 7 heteroatoms. The van der Waals surface area contributed by atoms with Gasteiger partial charge in [-0.15, -0.1) is 11.3 Å². The van der Waals surface area contributed by atoms with Crippen LogP contribution < -0.4 is 9.68 Å². The Hall–Kier alpha value is -1.59. The number of anilines is 1. The second kappa shape index (κ2) is 5.42. The van der Waals surface area contributed by atoms with Crippen LogP contribution in [0, 0.1) is 11.3 Å². The lowest BCUT2D eigenvalue weighted by atomic mass is 9.89. The van der Waals surface area contributed by atoms with E-state index in [0.29, 0.717) is 23.6 Å². The van der Waals surface area contributed by atoms with Gasteiger partial charge in [-0.25, -0.2) is 0 Å². The van der Waals surface area contributed by atoms with Gasteiger partial charge in [-0.1, -0.05) is 0 Å². The van der Waals surface area contributed by atoms with Crippen LogP contribution in [-0.2, 0) is 4.74 Å². The molecule has 0 spiro atoms. The number of benzene rings is 1. The van der Waals surface area contributed by atoms with Gasteiger partial charge in [0.1, 0.15) is 6.07 Å². The first-order valence-electron chi connectivity index (χ1n) is 6.35. The van der Waals surface area contributed by atoms with Crippen molar-refractivity contribution in [3.63, 3.8) is 0 Å². The van der Waals surface area contributed by atoms with Crippen LogP contribution in [0.4, 0.5) is 5.69 Å². The summed E-state index contributed by atoms with van der Waals surface area (Å²) in [5.41, 5.74) is 1.55. The molecule has 2 heterocycles. The SMILES string of the molecule is N#Cc1cc(N2CCOCC2)cc2cc(B(O)O)sc12. The molecule has 102 valence electrons. The molecule has 1 saturated heterocycles. The molecule has 0 unspecified atom stereocenters. The molecule has 20 heavy (non-hydrogen) atoms. The Bertz CT molecular complexity index is 674. The quantitative estimate of drug-likeness (QED) is 0.777. The van der Waals surface area contributed by atoms with E-state index in [1.165, 1.54) is 11.3 Å². The van der Waals surface area contributed by atoms with Crippen molar-refractivity contribution in [3.8, 4) is 6.07 Å². The number of ether oxygens (including phenoxy) is 1. The minimum absolute atomic E-state index is 0.454. The van der Waals surface area contributed by atoms with E-state index in [1.807, 2.05) is 12.1 Å². The monoisotopic (exact) mass is 288 g/mol. The van der Waals surface area contributed by atoms with Gasteiger partial charge in [0.15, 0.2) is 0 Å². The second-order valence-electron chi connectivity index (χ2n) is 4.65. The fraction of sp³-hybridized carbons (Fsp3) is 0.308. The molecule has 3 rings (SSSR count). The molecule has 0 bridgehead atoms.